The largest absolute Gasteiger partial charge is 0.506 e. The maximum absolute atomic E-state index is 12.7. The van der Waals surface area contributed by atoms with E-state index in [0.717, 1.165) is 28.3 Å². The van der Waals surface area contributed by atoms with Crippen LogP contribution in [0.5, 0.6) is 5.75 Å². The minimum absolute atomic E-state index is 0.0368. The van der Waals surface area contributed by atoms with Crippen molar-refractivity contribution in [2.45, 2.75) is 31.6 Å². The number of benzene rings is 2. The number of phenols is 1. The molecule has 2 aromatic rings. The van der Waals surface area contributed by atoms with Crippen molar-refractivity contribution in [1.29, 1.82) is 0 Å². The molecule has 28 heavy (non-hydrogen) atoms. The van der Waals surface area contributed by atoms with Gasteiger partial charge in [-0.25, -0.2) is 9.03 Å². The SMILES string of the molecule is O=C1CN(c2ccc(CC3C(=O)CCCc4ccccc43)cc2O)S(=O)(=O)N1. The molecule has 0 spiro atoms. The van der Waals surface area contributed by atoms with Gasteiger partial charge in [-0.3, -0.25) is 9.59 Å². The molecule has 2 aromatic carbocycles. The number of aromatic hydroxyl groups is 1. The molecule has 1 aliphatic carbocycles. The predicted molar refractivity (Wildman–Crippen MR) is 103 cm³/mol. The van der Waals surface area contributed by atoms with Gasteiger partial charge in [0, 0.05) is 12.3 Å². The Morgan fingerprint density at radius 2 is 1.89 bits per heavy atom. The molecule has 1 amide bonds. The van der Waals surface area contributed by atoms with Crippen molar-refractivity contribution in [3.8, 4) is 5.75 Å². The summed E-state index contributed by atoms with van der Waals surface area (Å²) in [6, 6.07) is 12.5. The number of hydrogen-bond donors (Lipinski definition) is 2. The Labute approximate surface area is 163 Å². The number of rotatable bonds is 3. The fraction of sp³-hybridized carbons (Fsp3) is 0.300. The average Bonchev–Trinajstić information content (AvgIpc) is 2.82. The number of carbonyl (C=O) groups is 2. The van der Waals surface area contributed by atoms with E-state index < -0.39 is 16.1 Å². The Kier molecular flexibility index (Phi) is 4.58. The van der Waals surface area contributed by atoms with Gasteiger partial charge in [-0.1, -0.05) is 30.3 Å². The second kappa shape index (κ2) is 6.94. The summed E-state index contributed by atoms with van der Waals surface area (Å²) in [7, 11) is -3.99. The van der Waals surface area contributed by atoms with E-state index in [0.29, 0.717) is 12.8 Å². The van der Waals surface area contributed by atoms with E-state index in [1.165, 1.54) is 17.7 Å². The summed E-state index contributed by atoms with van der Waals surface area (Å²) < 4.78 is 26.7. The van der Waals surface area contributed by atoms with Crippen molar-refractivity contribution in [1.82, 2.24) is 4.72 Å². The Balaban J connectivity index is 1.64. The molecule has 2 aliphatic rings. The lowest BCUT2D eigenvalue weighted by Gasteiger charge is -2.19. The van der Waals surface area contributed by atoms with Crippen LogP contribution in [0.1, 0.15) is 35.4 Å². The van der Waals surface area contributed by atoms with Crippen LogP contribution in [0.4, 0.5) is 5.69 Å². The van der Waals surface area contributed by atoms with Crippen molar-refractivity contribution in [2.75, 3.05) is 10.8 Å². The van der Waals surface area contributed by atoms with E-state index in [1.807, 2.05) is 29.0 Å². The fourth-order valence-electron chi connectivity index (χ4n) is 3.93. The number of phenolic OH excluding ortho intramolecular Hbond substituents is 1. The molecule has 1 unspecified atom stereocenters. The Bertz CT molecular complexity index is 1060. The lowest BCUT2D eigenvalue weighted by Crippen LogP contribution is -2.29. The molecule has 4 rings (SSSR count). The van der Waals surface area contributed by atoms with Gasteiger partial charge in [-0.2, -0.15) is 8.42 Å². The summed E-state index contributed by atoms with van der Waals surface area (Å²) in [4.78, 5) is 24.1. The molecule has 1 atom stereocenters. The summed E-state index contributed by atoms with van der Waals surface area (Å²) >= 11 is 0. The van der Waals surface area contributed by atoms with Crippen LogP contribution < -0.4 is 9.03 Å². The quantitative estimate of drug-likeness (QED) is 0.765. The number of nitrogens with zero attached hydrogens (tertiary/aromatic N) is 1. The predicted octanol–water partition coefficient (Wildman–Crippen LogP) is 1.80. The van der Waals surface area contributed by atoms with Gasteiger partial charge in [-0.15, -0.1) is 0 Å². The van der Waals surface area contributed by atoms with Gasteiger partial charge in [0.2, 0.25) is 0 Å². The summed E-state index contributed by atoms with van der Waals surface area (Å²) in [6.07, 6.45) is 2.64. The van der Waals surface area contributed by atoms with Gasteiger partial charge in [0.15, 0.2) is 0 Å². The molecule has 1 saturated heterocycles. The maximum Gasteiger partial charge on any atom is 0.326 e. The van der Waals surface area contributed by atoms with E-state index in [2.05, 4.69) is 0 Å². The van der Waals surface area contributed by atoms with Gasteiger partial charge < -0.3 is 5.11 Å². The Morgan fingerprint density at radius 1 is 1.11 bits per heavy atom. The van der Waals surface area contributed by atoms with Crippen molar-refractivity contribution in [2.24, 2.45) is 0 Å². The number of Topliss-reactive ketones (excluding diaryl/α,β-unsaturated/α-hetero) is 1. The van der Waals surface area contributed by atoms with Crippen LogP contribution in [-0.2, 0) is 32.6 Å². The molecule has 0 saturated carbocycles. The summed E-state index contributed by atoms with van der Waals surface area (Å²) in [5.74, 6) is -1.01. The third kappa shape index (κ3) is 3.35. The first-order valence-electron chi connectivity index (χ1n) is 9.11. The molecular formula is C20H20N2O5S. The zero-order valence-electron chi connectivity index (χ0n) is 15.1. The monoisotopic (exact) mass is 400 g/mol. The van der Waals surface area contributed by atoms with Crippen LogP contribution in [-0.4, -0.2) is 31.8 Å². The minimum atomic E-state index is -3.99. The number of hydrogen-bond acceptors (Lipinski definition) is 5. The zero-order valence-corrected chi connectivity index (χ0v) is 15.9. The highest BCUT2D eigenvalue weighted by molar-refractivity contribution is 7.92. The molecule has 0 radical (unpaired) electrons. The lowest BCUT2D eigenvalue weighted by atomic mass is 9.86. The van der Waals surface area contributed by atoms with Crippen LogP contribution in [0, 0.1) is 0 Å². The van der Waals surface area contributed by atoms with Crippen LogP contribution in [0.3, 0.4) is 0 Å². The molecule has 146 valence electrons. The Hall–Kier alpha value is -2.87. The van der Waals surface area contributed by atoms with Gasteiger partial charge in [0.25, 0.3) is 5.91 Å². The van der Waals surface area contributed by atoms with E-state index >= 15 is 0 Å². The van der Waals surface area contributed by atoms with Gasteiger partial charge >= 0.3 is 10.2 Å². The number of nitrogens with one attached hydrogen (secondary N) is 1. The van der Waals surface area contributed by atoms with E-state index in [4.69, 9.17) is 0 Å². The highest BCUT2D eigenvalue weighted by Crippen LogP contribution is 2.35. The van der Waals surface area contributed by atoms with E-state index in [9.17, 15) is 23.1 Å². The first-order valence-corrected chi connectivity index (χ1v) is 10.5. The number of fused-ring (bicyclic) bond motifs is 1. The summed E-state index contributed by atoms with van der Waals surface area (Å²) in [5, 5.41) is 10.4. The summed E-state index contributed by atoms with van der Waals surface area (Å²) in [5.41, 5.74) is 2.96. The van der Waals surface area contributed by atoms with E-state index in [-0.39, 0.29) is 29.7 Å². The molecule has 1 aliphatic heterocycles. The molecule has 1 heterocycles. The maximum atomic E-state index is 12.7. The molecule has 7 nitrogen and oxygen atoms in total. The number of amides is 1. The highest BCUT2D eigenvalue weighted by atomic mass is 32.2. The minimum Gasteiger partial charge on any atom is -0.506 e. The van der Waals surface area contributed by atoms with Crippen LogP contribution in [0.25, 0.3) is 0 Å². The smallest absolute Gasteiger partial charge is 0.326 e. The zero-order chi connectivity index (χ0) is 19.9. The molecule has 8 heteroatoms. The number of aryl methyl sites for hydroxylation is 1. The normalized spacial score (nSPS) is 21.1. The molecule has 0 bridgehead atoms. The first kappa shape index (κ1) is 18.5. The number of carbonyl (C=O) groups excluding carboxylic acids is 2. The van der Waals surface area contributed by atoms with Gasteiger partial charge in [-0.05, 0) is 48.1 Å². The summed E-state index contributed by atoms with van der Waals surface area (Å²) in [6.45, 7) is -0.371. The standard InChI is InChI=1S/C20H20N2O5S/c23-18-7-3-5-14-4-1-2-6-15(14)16(18)10-13-8-9-17(19(24)11-13)22-12-20(25)21-28(22,26)27/h1-2,4,6,8-9,11,16,24H,3,5,7,10,12H2,(H,21,25). The van der Waals surface area contributed by atoms with Crippen molar-refractivity contribution < 1.29 is 23.1 Å². The van der Waals surface area contributed by atoms with Gasteiger partial charge in [0.1, 0.15) is 18.1 Å². The second-order valence-corrected chi connectivity index (χ2v) is 8.73. The third-order valence-corrected chi connectivity index (χ3v) is 6.65. The third-order valence-electron chi connectivity index (χ3n) is 5.26. The molecule has 1 fully saturated rings. The van der Waals surface area contributed by atoms with Crippen molar-refractivity contribution in [3.05, 3.63) is 59.2 Å². The number of anilines is 1. The fourth-order valence-corrected chi connectivity index (χ4v) is 5.09. The molecule has 2 N–H and O–H groups in total. The highest BCUT2D eigenvalue weighted by Gasteiger charge is 2.35. The topological polar surface area (TPSA) is 104 Å². The Morgan fingerprint density at radius 3 is 2.61 bits per heavy atom. The van der Waals surface area contributed by atoms with Crippen LogP contribution >= 0.6 is 0 Å². The molecular weight excluding hydrogens is 380 g/mol. The van der Waals surface area contributed by atoms with Gasteiger partial charge in [0.05, 0.1) is 5.69 Å². The number of ketones is 1. The van der Waals surface area contributed by atoms with Crippen molar-refractivity contribution >= 4 is 27.6 Å². The second-order valence-electron chi connectivity index (χ2n) is 7.14. The average molecular weight is 400 g/mol. The first-order chi connectivity index (χ1) is 13.3. The lowest BCUT2D eigenvalue weighted by molar-refractivity contribution is -0.120. The molecule has 0 aromatic heterocycles. The van der Waals surface area contributed by atoms with Crippen LogP contribution in [0.15, 0.2) is 42.5 Å². The van der Waals surface area contributed by atoms with E-state index in [1.54, 1.807) is 6.07 Å². The van der Waals surface area contributed by atoms with Crippen LogP contribution in [0.2, 0.25) is 0 Å². The van der Waals surface area contributed by atoms with Crippen molar-refractivity contribution in [3.63, 3.8) is 0 Å².